The molecule has 1 aromatic carbocycles. The topological polar surface area (TPSA) is 85.1 Å². The summed E-state index contributed by atoms with van der Waals surface area (Å²) in [5, 5.41) is 12.9. The highest BCUT2D eigenvalue weighted by Crippen LogP contribution is 2.25. The van der Waals surface area contributed by atoms with Gasteiger partial charge < -0.3 is 5.32 Å². The number of carbonyl (C=O) groups is 1. The van der Waals surface area contributed by atoms with Crippen LogP contribution in [0.1, 0.15) is 15.9 Å². The van der Waals surface area contributed by atoms with Crippen molar-refractivity contribution in [1.82, 2.24) is 10.3 Å². The molecule has 1 amide bonds. The summed E-state index contributed by atoms with van der Waals surface area (Å²) < 4.78 is 13.4. The van der Waals surface area contributed by atoms with Crippen molar-refractivity contribution >= 4 is 23.2 Å². The summed E-state index contributed by atoms with van der Waals surface area (Å²) in [5.41, 5.74) is -0.532. The molecule has 0 aliphatic heterocycles. The average molecular weight is 310 g/mol. The van der Waals surface area contributed by atoms with E-state index < -0.39 is 22.3 Å². The summed E-state index contributed by atoms with van der Waals surface area (Å²) in [7, 11) is 0. The van der Waals surface area contributed by atoms with Crippen molar-refractivity contribution < 1.29 is 14.1 Å². The molecule has 0 aliphatic rings. The number of carbonyl (C=O) groups excluding carboxylic acids is 1. The molecule has 0 aliphatic carbocycles. The van der Waals surface area contributed by atoms with Gasteiger partial charge in [0.25, 0.3) is 5.91 Å². The van der Waals surface area contributed by atoms with E-state index in [1.807, 2.05) is 0 Å². The van der Waals surface area contributed by atoms with Gasteiger partial charge in [0, 0.05) is 18.3 Å². The van der Waals surface area contributed by atoms with Crippen LogP contribution in [0.5, 0.6) is 0 Å². The molecular formula is C13H9ClFN3O3. The Kier molecular flexibility index (Phi) is 4.44. The van der Waals surface area contributed by atoms with Crippen LogP contribution in [-0.4, -0.2) is 15.8 Å². The van der Waals surface area contributed by atoms with Crippen molar-refractivity contribution in [3.05, 3.63) is 68.7 Å². The molecule has 6 nitrogen and oxygen atoms in total. The summed E-state index contributed by atoms with van der Waals surface area (Å²) >= 11 is 5.62. The lowest BCUT2D eigenvalue weighted by atomic mass is 10.2. The smallest absolute Gasteiger partial charge is 0.319 e. The molecule has 0 bridgehead atoms. The molecule has 1 N–H and O–H groups in total. The zero-order valence-corrected chi connectivity index (χ0v) is 11.3. The lowest BCUT2D eigenvalue weighted by Gasteiger charge is -2.07. The highest BCUT2D eigenvalue weighted by atomic mass is 35.5. The van der Waals surface area contributed by atoms with Gasteiger partial charge in [-0.15, -0.1) is 0 Å². The van der Waals surface area contributed by atoms with E-state index in [1.54, 1.807) is 6.07 Å². The molecule has 21 heavy (non-hydrogen) atoms. The summed E-state index contributed by atoms with van der Waals surface area (Å²) in [6, 6.07) is 7.09. The van der Waals surface area contributed by atoms with E-state index in [0.717, 1.165) is 0 Å². The monoisotopic (exact) mass is 309 g/mol. The van der Waals surface area contributed by atoms with Gasteiger partial charge >= 0.3 is 5.69 Å². The van der Waals surface area contributed by atoms with Crippen molar-refractivity contribution in [2.24, 2.45) is 0 Å². The first-order chi connectivity index (χ1) is 10.0. The number of nitro groups is 1. The van der Waals surface area contributed by atoms with Crippen LogP contribution in [0.4, 0.5) is 10.1 Å². The first-order valence-electron chi connectivity index (χ1n) is 5.81. The van der Waals surface area contributed by atoms with Crippen molar-refractivity contribution in [2.75, 3.05) is 0 Å². The van der Waals surface area contributed by atoms with Gasteiger partial charge in [0.2, 0.25) is 5.15 Å². The SMILES string of the molecule is O=C(NCc1ccccc1F)c1ccnc(Cl)c1[N+](=O)[O-]. The number of hydrogen-bond donors (Lipinski definition) is 1. The van der Waals surface area contributed by atoms with Crippen LogP contribution in [0.2, 0.25) is 5.15 Å². The maximum atomic E-state index is 13.4. The van der Waals surface area contributed by atoms with Gasteiger partial charge in [-0.3, -0.25) is 14.9 Å². The van der Waals surface area contributed by atoms with Crippen molar-refractivity contribution in [2.45, 2.75) is 6.54 Å². The van der Waals surface area contributed by atoms with Crippen LogP contribution < -0.4 is 5.32 Å². The quantitative estimate of drug-likeness (QED) is 0.534. The summed E-state index contributed by atoms with van der Waals surface area (Å²) in [6.07, 6.45) is 1.19. The van der Waals surface area contributed by atoms with Crippen LogP contribution in [0.3, 0.4) is 0 Å². The van der Waals surface area contributed by atoms with Crippen LogP contribution in [0.15, 0.2) is 36.5 Å². The fourth-order valence-electron chi connectivity index (χ4n) is 1.70. The molecule has 0 fully saturated rings. The number of nitrogens with one attached hydrogen (secondary N) is 1. The molecule has 2 rings (SSSR count). The Morgan fingerprint density at radius 3 is 2.76 bits per heavy atom. The highest BCUT2D eigenvalue weighted by molar-refractivity contribution is 6.32. The molecule has 2 aromatic rings. The van der Waals surface area contributed by atoms with E-state index in [1.165, 1.54) is 30.5 Å². The number of benzene rings is 1. The zero-order chi connectivity index (χ0) is 15.4. The molecule has 0 spiro atoms. The molecule has 8 heteroatoms. The lowest BCUT2D eigenvalue weighted by Crippen LogP contribution is -2.24. The third-order valence-corrected chi connectivity index (χ3v) is 2.98. The van der Waals surface area contributed by atoms with Gasteiger partial charge in [-0.25, -0.2) is 9.37 Å². The molecule has 0 saturated heterocycles. The first kappa shape index (κ1) is 14.9. The minimum Gasteiger partial charge on any atom is -0.348 e. The molecule has 108 valence electrons. The lowest BCUT2D eigenvalue weighted by molar-refractivity contribution is -0.385. The van der Waals surface area contributed by atoms with E-state index in [4.69, 9.17) is 11.6 Å². The van der Waals surface area contributed by atoms with Gasteiger partial charge in [-0.1, -0.05) is 29.8 Å². The molecule has 0 saturated carbocycles. The first-order valence-corrected chi connectivity index (χ1v) is 6.19. The largest absolute Gasteiger partial charge is 0.348 e. The number of pyridine rings is 1. The Hall–Kier alpha value is -2.54. The van der Waals surface area contributed by atoms with E-state index >= 15 is 0 Å². The maximum absolute atomic E-state index is 13.4. The summed E-state index contributed by atoms with van der Waals surface area (Å²) in [6.45, 7) is -0.0946. The van der Waals surface area contributed by atoms with E-state index in [9.17, 15) is 19.3 Å². The minimum atomic E-state index is -0.784. The predicted molar refractivity (Wildman–Crippen MR) is 73.5 cm³/mol. The summed E-state index contributed by atoms with van der Waals surface area (Å²) in [4.78, 5) is 25.7. The fraction of sp³-hybridized carbons (Fsp3) is 0.0769. The maximum Gasteiger partial charge on any atom is 0.319 e. The average Bonchev–Trinajstić information content (AvgIpc) is 2.45. The Morgan fingerprint density at radius 1 is 1.38 bits per heavy atom. The van der Waals surface area contributed by atoms with Gasteiger partial charge in [0.1, 0.15) is 11.4 Å². The van der Waals surface area contributed by atoms with Crippen LogP contribution in [0, 0.1) is 15.9 Å². The number of aromatic nitrogens is 1. The molecule has 0 atom stereocenters. The molecule has 1 heterocycles. The highest BCUT2D eigenvalue weighted by Gasteiger charge is 2.24. The fourth-order valence-corrected chi connectivity index (χ4v) is 1.92. The Bertz CT molecular complexity index is 709. The van der Waals surface area contributed by atoms with E-state index in [0.29, 0.717) is 0 Å². The molecular weight excluding hydrogens is 301 g/mol. The minimum absolute atomic E-state index is 0.0946. The van der Waals surface area contributed by atoms with Crippen molar-refractivity contribution in [3.63, 3.8) is 0 Å². The second-order valence-corrected chi connectivity index (χ2v) is 4.39. The number of rotatable bonds is 4. The summed E-state index contributed by atoms with van der Waals surface area (Å²) in [5.74, 6) is -1.20. The van der Waals surface area contributed by atoms with Crippen LogP contribution in [-0.2, 0) is 6.54 Å². The van der Waals surface area contributed by atoms with E-state index in [2.05, 4.69) is 10.3 Å². The van der Waals surface area contributed by atoms with Gasteiger partial charge in [-0.2, -0.15) is 0 Å². The number of halogens is 2. The normalized spacial score (nSPS) is 10.2. The van der Waals surface area contributed by atoms with E-state index in [-0.39, 0.29) is 22.8 Å². The standard InChI is InChI=1S/C13H9ClFN3O3/c14-12-11(18(20)21)9(5-6-16-12)13(19)17-7-8-3-1-2-4-10(8)15/h1-6H,7H2,(H,17,19). The number of amides is 1. The Morgan fingerprint density at radius 2 is 2.10 bits per heavy atom. The van der Waals surface area contributed by atoms with Gasteiger partial charge in [0.05, 0.1) is 4.92 Å². The predicted octanol–water partition coefficient (Wildman–Crippen LogP) is 2.71. The van der Waals surface area contributed by atoms with Gasteiger partial charge in [0.15, 0.2) is 0 Å². The second kappa shape index (κ2) is 6.27. The van der Waals surface area contributed by atoms with Crippen LogP contribution in [0.25, 0.3) is 0 Å². The molecule has 0 radical (unpaired) electrons. The molecule has 1 aromatic heterocycles. The van der Waals surface area contributed by atoms with Crippen molar-refractivity contribution in [1.29, 1.82) is 0 Å². The Labute approximate surface area is 123 Å². The molecule has 0 unspecified atom stereocenters. The third kappa shape index (κ3) is 3.32. The second-order valence-electron chi connectivity index (χ2n) is 4.03. The third-order valence-electron chi connectivity index (χ3n) is 2.70. The zero-order valence-electron chi connectivity index (χ0n) is 10.5. The number of nitrogens with zero attached hydrogens (tertiary/aromatic N) is 2. The number of hydrogen-bond acceptors (Lipinski definition) is 4. The Balaban J connectivity index is 2.20. The van der Waals surface area contributed by atoms with Crippen molar-refractivity contribution in [3.8, 4) is 0 Å². The van der Waals surface area contributed by atoms with Crippen LogP contribution >= 0.6 is 11.6 Å². The van der Waals surface area contributed by atoms with Gasteiger partial charge in [-0.05, 0) is 12.1 Å².